The molecule has 0 N–H and O–H groups in total. The number of unbranched alkanes of at least 4 members (excludes halogenated alkanes) is 29. The Balaban J connectivity index is 4.10. The summed E-state index contributed by atoms with van der Waals surface area (Å²) in [4.78, 5) is 37.9. The molecule has 0 aliphatic heterocycles. The molecule has 0 aromatic rings. The zero-order chi connectivity index (χ0) is 55.7. The summed E-state index contributed by atoms with van der Waals surface area (Å²) in [6, 6.07) is 0. The first-order valence-corrected chi connectivity index (χ1v) is 32.4. The summed E-state index contributed by atoms with van der Waals surface area (Å²) < 4.78 is 16.8. The van der Waals surface area contributed by atoms with Crippen LogP contribution in [0.15, 0.2) is 109 Å². The van der Waals surface area contributed by atoms with Crippen LogP contribution in [0, 0.1) is 0 Å². The molecule has 0 aliphatic carbocycles. The van der Waals surface area contributed by atoms with Crippen LogP contribution in [-0.4, -0.2) is 37.2 Å². The highest BCUT2D eigenvalue weighted by molar-refractivity contribution is 5.71. The van der Waals surface area contributed by atoms with E-state index in [1.807, 2.05) is 0 Å². The lowest BCUT2D eigenvalue weighted by atomic mass is 10.0. The second-order valence-electron chi connectivity index (χ2n) is 21.3. The van der Waals surface area contributed by atoms with E-state index in [4.69, 9.17) is 14.2 Å². The molecule has 0 aliphatic rings. The van der Waals surface area contributed by atoms with Crippen molar-refractivity contribution in [2.45, 2.75) is 309 Å². The molecule has 6 nitrogen and oxygen atoms in total. The Kier molecular flexibility index (Phi) is 61.3. The Hall–Kier alpha value is -3.93. The van der Waals surface area contributed by atoms with E-state index in [2.05, 4.69) is 130 Å². The highest BCUT2D eigenvalue weighted by Gasteiger charge is 2.19. The van der Waals surface area contributed by atoms with E-state index >= 15 is 0 Å². The zero-order valence-corrected chi connectivity index (χ0v) is 50.4. The van der Waals surface area contributed by atoms with Gasteiger partial charge in [0.25, 0.3) is 0 Å². The molecule has 0 heterocycles. The Morgan fingerprint density at radius 3 is 0.792 bits per heavy atom. The minimum atomic E-state index is -0.782. The number of rotatable bonds is 58. The van der Waals surface area contributed by atoms with Gasteiger partial charge in [0.2, 0.25) is 0 Å². The van der Waals surface area contributed by atoms with Gasteiger partial charge in [0, 0.05) is 19.3 Å². The SMILES string of the molecule is CC/C=C\C/C=C\C/C=C\C/C=C\C/C=C\C/C=C\C/C=C\C/C=C\C/C=C\CCCCCCCC(=O)OCC(COC(=O)CCCCCCC)OC(=O)CCCCCCCCCCCCCCCCCCCCCCC. The van der Waals surface area contributed by atoms with E-state index in [1.165, 1.54) is 122 Å². The van der Waals surface area contributed by atoms with Crippen LogP contribution in [0.25, 0.3) is 0 Å². The van der Waals surface area contributed by atoms with Gasteiger partial charge in [-0.05, 0) is 89.9 Å². The van der Waals surface area contributed by atoms with Gasteiger partial charge in [-0.15, -0.1) is 0 Å². The minimum absolute atomic E-state index is 0.0828. The van der Waals surface area contributed by atoms with Crippen LogP contribution in [0.1, 0.15) is 303 Å². The first kappa shape index (κ1) is 73.1. The summed E-state index contributed by atoms with van der Waals surface area (Å²) >= 11 is 0. The number of allylic oxidation sites excluding steroid dienone is 18. The molecule has 1 atom stereocenters. The quantitative estimate of drug-likeness (QED) is 0.0261. The number of carbonyl (C=O) groups excluding carboxylic acids is 3. The van der Waals surface area contributed by atoms with Crippen LogP contribution in [-0.2, 0) is 28.6 Å². The summed E-state index contributed by atoms with van der Waals surface area (Å²) in [5, 5.41) is 0. The number of hydrogen-bond donors (Lipinski definition) is 0. The normalized spacial score (nSPS) is 12.8. The maximum atomic E-state index is 12.8. The van der Waals surface area contributed by atoms with Crippen molar-refractivity contribution in [3.05, 3.63) is 109 Å². The predicted molar refractivity (Wildman–Crippen MR) is 334 cm³/mol. The zero-order valence-electron chi connectivity index (χ0n) is 50.4. The first-order chi connectivity index (χ1) is 38.0. The van der Waals surface area contributed by atoms with Gasteiger partial charge in [-0.1, -0.05) is 304 Å². The van der Waals surface area contributed by atoms with Crippen LogP contribution >= 0.6 is 0 Å². The number of hydrogen-bond acceptors (Lipinski definition) is 6. The van der Waals surface area contributed by atoms with Crippen molar-refractivity contribution in [1.29, 1.82) is 0 Å². The molecule has 440 valence electrons. The van der Waals surface area contributed by atoms with Gasteiger partial charge in [-0.3, -0.25) is 14.4 Å². The van der Waals surface area contributed by atoms with Gasteiger partial charge in [0.15, 0.2) is 6.10 Å². The molecule has 0 rings (SSSR count). The van der Waals surface area contributed by atoms with Crippen LogP contribution in [0.5, 0.6) is 0 Å². The molecule has 0 radical (unpaired) electrons. The molecule has 0 saturated heterocycles. The highest BCUT2D eigenvalue weighted by atomic mass is 16.6. The average molecular weight is 1070 g/mol. The summed E-state index contributed by atoms with van der Waals surface area (Å²) in [5.41, 5.74) is 0. The van der Waals surface area contributed by atoms with Crippen LogP contribution < -0.4 is 0 Å². The fourth-order valence-electron chi connectivity index (χ4n) is 8.97. The Morgan fingerprint density at radius 2 is 0.506 bits per heavy atom. The third-order valence-electron chi connectivity index (χ3n) is 13.8. The second-order valence-corrected chi connectivity index (χ2v) is 21.3. The van der Waals surface area contributed by atoms with Crippen molar-refractivity contribution in [1.82, 2.24) is 0 Å². The monoisotopic (exact) mass is 1070 g/mol. The highest BCUT2D eigenvalue weighted by Crippen LogP contribution is 2.17. The van der Waals surface area contributed by atoms with Crippen molar-refractivity contribution in [2.75, 3.05) is 13.2 Å². The van der Waals surface area contributed by atoms with E-state index in [9.17, 15) is 14.4 Å². The van der Waals surface area contributed by atoms with Crippen molar-refractivity contribution in [3.63, 3.8) is 0 Å². The van der Waals surface area contributed by atoms with Gasteiger partial charge in [-0.25, -0.2) is 0 Å². The van der Waals surface area contributed by atoms with Gasteiger partial charge in [0.05, 0.1) is 0 Å². The molecule has 77 heavy (non-hydrogen) atoms. The number of carbonyl (C=O) groups is 3. The molecule has 0 fully saturated rings. The molecule has 0 spiro atoms. The molecule has 6 heteroatoms. The predicted octanol–water partition coefficient (Wildman–Crippen LogP) is 22.2. The molecule has 0 aromatic heterocycles. The van der Waals surface area contributed by atoms with E-state index in [0.717, 1.165) is 141 Å². The van der Waals surface area contributed by atoms with Crippen molar-refractivity contribution in [2.24, 2.45) is 0 Å². The minimum Gasteiger partial charge on any atom is -0.462 e. The molecule has 0 bridgehead atoms. The number of ether oxygens (including phenoxy) is 3. The topological polar surface area (TPSA) is 78.9 Å². The van der Waals surface area contributed by atoms with Gasteiger partial charge >= 0.3 is 17.9 Å². The van der Waals surface area contributed by atoms with E-state index < -0.39 is 6.10 Å². The van der Waals surface area contributed by atoms with E-state index in [1.54, 1.807) is 0 Å². The molecule has 0 saturated carbocycles. The van der Waals surface area contributed by atoms with Crippen LogP contribution in [0.4, 0.5) is 0 Å². The Labute approximate surface area is 476 Å². The summed E-state index contributed by atoms with van der Waals surface area (Å²) in [5.74, 6) is -0.908. The fourth-order valence-corrected chi connectivity index (χ4v) is 8.97. The van der Waals surface area contributed by atoms with Crippen molar-refractivity contribution < 1.29 is 28.6 Å². The summed E-state index contributed by atoms with van der Waals surface area (Å²) in [6.07, 6.45) is 88.6. The van der Waals surface area contributed by atoms with E-state index in [-0.39, 0.29) is 31.1 Å². The lowest BCUT2D eigenvalue weighted by Gasteiger charge is -2.18. The third-order valence-corrected chi connectivity index (χ3v) is 13.8. The molecular formula is C71H120O6. The van der Waals surface area contributed by atoms with Gasteiger partial charge in [0.1, 0.15) is 13.2 Å². The summed E-state index contributed by atoms with van der Waals surface area (Å²) in [6.45, 7) is 6.45. The maximum absolute atomic E-state index is 12.8. The lowest BCUT2D eigenvalue weighted by molar-refractivity contribution is -0.167. The van der Waals surface area contributed by atoms with Crippen LogP contribution in [0.3, 0.4) is 0 Å². The second kappa shape index (κ2) is 64.6. The Morgan fingerprint density at radius 1 is 0.273 bits per heavy atom. The standard InChI is InChI=1S/C71H120O6/c1-4-7-10-13-15-17-19-21-23-25-27-29-30-31-32-33-34-35-36-37-38-39-40-42-43-45-47-49-51-53-55-58-61-64-70(73)76-67-68(66-75-69(72)63-60-57-12-9-6-3)77-71(74)65-62-59-56-54-52-50-48-46-44-41-28-26-24-22-20-18-16-14-11-8-5-2/h7,10,15,17,21,23,27,29,31-32,34-35,37-38,40,42,45,47,68H,4-6,8-9,11-14,16,18-20,22,24-26,28,30,33,36,39,41,43-44,46,48-67H2,1-3H3/b10-7-,17-15-,23-21-,29-27-,32-31-,35-34-,38-37-,42-40-,47-45-. The molecular weight excluding hydrogens is 949 g/mol. The summed E-state index contributed by atoms with van der Waals surface area (Å²) in [7, 11) is 0. The van der Waals surface area contributed by atoms with E-state index in [0.29, 0.717) is 19.3 Å². The smallest absolute Gasteiger partial charge is 0.306 e. The first-order valence-electron chi connectivity index (χ1n) is 32.4. The lowest BCUT2D eigenvalue weighted by Crippen LogP contribution is -2.30. The number of esters is 3. The van der Waals surface area contributed by atoms with Crippen LogP contribution in [0.2, 0.25) is 0 Å². The van der Waals surface area contributed by atoms with Gasteiger partial charge in [-0.2, -0.15) is 0 Å². The van der Waals surface area contributed by atoms with Crippen molar-refractivity contribution in [3.8, 4) is 0 Å². The Bertz CT molecular complexity index is 1560. The van der Waals surface area contributed by atoms with Crippen molar-refractivity contribution >= 4 is 17.9 Å². The largest absolute Gasteiger partial charge is 0.462 e. The maximum Gasteiger partial charge on any atom is 0.306 e. The van der Waals surface area contributed by atoms with Gasteiger partial charge < -0.3 is 14.2 Å². The average Bonchev–Trinajstić information content (AvgIpc) is 3.43. The molecule has 0 aromatic carbocycles. The fraction of sp³-hybridized carbons (Fsp3) is 0.704. The molecule has 0 amide bonds. The molecule has 1 unspecified atom stereocenters. The third kappa shape index (κ3) is 62.8.